The Morgan fingerprint density at radius 3 is 2.36 bits per heavy atom. The highest BCUT2D eigenvalue weighted by Crippen LogP contribution is 2.24. The summed E-state index contributed by atoms with van der Waals surface area (Å²) in [5.74, 6) is 0.129. The monoisotopic (exact) mass is 230 g/mol. The van der Waals surface area contributed by atoms with Crippen molar-refractivity contribution < 1.29 is 5.11 Å². The van der Waals surface area contributed by atoms with E-state index in [0.717, 1.165) is 0 Å². The van der Waals surface area contributed by atoms with E-state index in [1.165, 1.54) is 12.1 Å². The molecule has 0 atom stereocenters. The van der Waals surface area contributed by atoms with Gasteiger partial charge in [0.05, 0.1) is 16.4 Å². The largest absolute Gasteiger partial charge is 0.508 e. The predicted molar refractivity (Wildman–Crippen MR) is 56.7 cm³/mol. The molecule has 3 nitrogen and oxygen atoms in total. The first-order valence-corrected chi connectivity index (χ1v) is 4.52. The van der Waals surface area contributed by atoms with Gasteiger partial charge in [-0.05, 0) is 18.2 Å². The van der Waals surface area contributed by atoms with Crippen LogP contribution in [0.25, 0.3) is 0 Å². The number of halogens is 2. The van der Waals surface area contributed by atoms with Crippen LogP contribution >= 0.6 is 23.2 Å². The minimum absolute atomic E-state index is 0.129. The summed E-state index contributed by atoms with van der Waals surface area (Å²) in [6, 6.07) is 4.41. The molecular weight excluding hydrogens is 223 g/mol. The first kappa shape index (κ1) is 10.9. The molecule has 2 rings (SSSR count). The van der Waals surface area contributed by atoms with Crippen molar-refractivity contribution in [3.8, 4) is 5.75 Å². The maximum atomic E-state index is 8.79. The van der Waals surface area contributed by atoms with E-state index in [4.69, 9.17) is 28.3 Å². The molecule has 0 amide bonds. The van der Waals surface area contributed by atoms with Crippen LogP contribution in [0.1, 0.15) is 0 Å². The molecule has 0 unspecified atom stereocenters. The van der Waals surface area contributed by atoms with Crippen LogP contribution in [-0.2, 0) is 0 Å². The highest BCUT2D eigenvalue weighted by Gasteiger charge is 1.95. The second-order valence-corrected chi connectivity index (χ2v) is 3.17. The van der Waals surface area contributed by atoms with Crippen molar-refractivity contribution in [2.75, 3.05) is 0 Å². The number of nitrogens with zero attached hydrogens (tertiary/aromatic N) is 1. The summed E-state index contributed by atoms with van der Waals surface area (Å²) in [4.78, 5) is 6.42. The van der Waals surface area contributed by atoms with Crippen molar-refractivity contribution in [2.24, 2.45) is 0 Å². The van der Waals surface area contributed by atoms with Crippen molar-refractivity contribution in [3.63, 3.8) is 0 Å². The van der Waals surface area contributed by atoms with Crippen LogP contribution in [0.3, 0.4) is 0 Å². The maximum absolute atomic E-state index is 8.79. The summed E-state index contributed by atoms with van der Waals surface area (Å²) in [6.07, 6.45) is 5.08. The molecule has 0 saturated heterocycles. The minimum Gasteiger partial charge on any atom is -0.508 e. The van der Waals surface area contributed by atoms with Gasteiger partial charge < -0.3 is 10.1 Å². The molecule has 0 aliphatic heterocycles. The molecule has 1 heterocycles. The Morgan fingerprint density at radius 1 is 1.21 bits per heavy atom. The number of phenols is 1. The molecule has 0 fully saturated rings. The van der Waals surface area contributed by atoms with E-state index in [2.05, 4.69) is 9.97 Å². The van der Waals surface area contributed by atoms with E-state index in [-0.39, 0.29) is 5.75 Å². The molecule has 2 N–H and O–H groups in total. The number of aromatic nitrogens is 2. The number of aromatic amines is 1. The number of imidazole rings is 1. The van der Waals surface area contributed by atoms with Gasteiger partial charge in [-0.15, -0.1) is 0 Å². The van der Waals surface area contributed by atoms with Gasteiger partial charge in [0.25, 0.3) is 0 Å². The second-order valence-electron chi connectivity index (χ2n) is 2.36. The molecule has 0 bridgehead atoms. The van der Waals surface area contributed by atoms with Crippen LogP contribution in [0, 0.1) is 0 Å². The van der Waals surface area contributed by atoms with Crippen LogP contribution in [0.5, 0.6) is 5.75 Å². The third-order valence-electron chi connectivity index (χ3n) is 1.31. The fourth-order valence-corrected chi connectivity index (χ4v) is 0.993. The lowest BCUT2D eigenvalue weighted by atomic mass is 10.3. The summed E-state index contributed by atoms with van der Waals surface area (Å²) in [5, 5.41) is 9.62. The molecule has 0 saturated carbocycles. The third kappa shape index (κ3) is 3.68. The number of hydrogen-bond donors (Lipinski definition) is 2. The molecule has 0 spiro atoms. The van der Waals surface area contributed by atoms with Gasteiger partial charge in [-0.25, -0.2) is 4.98 Å². The summed E-state index contributed by atoms with van der Waals surface area (Å²) < 4.78 is 0. The molecule has 14 heavy (non-hydrogen) atoms. The van der Waals surface area contributed by atoms with Crippen molar-refractivity contribution in [3.05, 3.63) is 47.0 Å². The van der Waals surface area contributed by atoms with Crippen molar-refractivity contribution in [1.82, 2.24) is 9.97 Å². The molecular formula is C9H8Cl2N2O. The number of nitrogens with one attached hydrogen (secondary N) is 1. The lowest BCUT2D eigenvalue weighted by molar-refractivity contribution is 0.475. The minimum atomic E-state index is 0.129. The Kier molecular flexibility index (Phi) is 4.29. The number of aromatic hydroxyl groups is 1. The van der Waals surface area contributed by atoms with E-state index in [1.54, 1.807) is 24.8 Å². The summed E-state index contributed by atoms with van der Waals surface area (Å²) in [7, 11) is 0. The van der Waals surface area contributed by atoms with Crippen LogP contribution < -0.4 is 0 Å². The normalized spacial score (nSPS) is 9.00. The third-order valence-corrected chi connectivity index (χ3v) is 2.05. The number of phenolic OH excluding ortho intramolecular Hbond substituents is 1. The van der Waals surface area contributed by atoms with Crippen molar-refractivity contribution >= 4 is 23.2 Å². The number of rotatable bonds is 0. The lowest BCUT2D eigenvalue weighted by Gasteiger charge is -1.93. The Hall–Kier alpha value is -1.19. The summed E-state index contributed by atoms with van der Waals surface area (Å²) in [6.45, 7) is 0. The van der Waals surface area contributed by atoms with Gasteiger partial charge in [0.1, 0.15) is 5.75 Å². The zero-order valence-corrected chi connectivity index (χ0v) is 8.63. The number of H-pyrrole nitrogens is 1. The van der Waals surface area contributed by atoms with Gasteiger partial charge in [0.2, 0.25) is 0 Å². The molecule has 0 aliphatic rings. The quantitative estimate of drug-likeness (QED) is 0.731. The lowest BCUT2D eigenvalue weighted by Crippen LogP contribution is -1.66. The molecule has 0 aliphatic carbocycles. The van der Waals surface area contributed by atoms with Crippen LogP contribution in [-0.4, -0.2) is 15.1 Å². The first-order chi connectivity index (χ1) is 6.70. The fraction of sp³-hybridized carbons (Fsp3) is 0. The zero-order chi connectivity index (χ0) is 10.4. The topological polar surface area (TPSA) is 48.9 Å². The van der Waals surface area contributed by atoms with Gasteiger partial charge in [-0.2, -0.15) is 0 Å². The molecule has 1 aromatic carbocycles. The molecule has 74 valence electrons. The van der Waals surface area contributed by atoms with Gasteiger partial charge in [0.15, 0.2) is 0 Å². The van der Waals surface area contributed by atoms with Gasteiger partial charge in [-0.1, -0.05) is 23.2 Å². The predicted octanol–water partition coefficient (Wildman–Crippen LogP) is 3.11. The van der Waals surface area contributed by atoms with E-state index >= 15 is 0 Å². The standard InChI is InChI=1S/C6H4Cl2O.C3H4N2/c7-5-2-1-4(9)3-6(5)8;1-2-5-3-4-1/h1-3,9H;1-3H,(H,4,5). The van der Waals surface area contributed by atoms with Crippen molar-refractivity contribution in [2.45, 2.75) is 0 Å². The SMILES string of the molecule is Oc1ccc(Cl)c(Cl)c1.c1c[nH]cn1. The summed E-state index contributed by atoms with van der Waals surface area (Å²) >= 11 is 11.1. The van der Waals surface area contributed by atoms with Gasteiger partial charge >= 0.3 is 0 Å². The second kappa shape index (κ2) is 5.52. The van der Waals surface area contributed by atoms with Crippen molar-refractivity contribution in [1.29, 1.82) is 0 Å². The molecule has 2 aromatic rings. The first-order valence-electron chi connectivity index (χ1n) is 3.77. The van der Waals surface area contributed by atoms with Crippen LogP contribution in [0.2, 0.25) is 10.0 Å². The van der Waals surface area contributed by atoms with E-state index < -0.39 is 0 Å². The van der Waals surface area contributed by atoms with Gasteiger partial charge in [-0.3, -0.25) is 0 Å². The Morgan fingerprint density at radius 2 is 2.00 bits per heavy atom. The molecule has 1 aromatic heterocycles. The van der Waals surface area contributed by atoms with Crippen LogP contribution in [0.4, 0.5) is 0 Å². The Labute approximate surface area is 91.3 Å². The summed E-state index contributed by atoms with van der Waals surface area (Å²) in [5.41, 5.74) is 0. The number of benzene rings is 1. The van der Waals surface area contributed by atoms with E-state index in [9.17, 15) is 0 Å². The fourth-order valence-electron chi connectivity index (χ4n) is 0.700. The molecule has 5 heteroatoms. The Balaban J connectivity index is 0.000000165. The van der Waals surface area contributed by atoms with Crippen LogP contribution in [0.15, 0.2) is 36.9 Å². The average Bonchev–Trinajstić information content (AvgIpc) is 2.69. The average molecular weight is 231 g/mol. The van der Waals surface area contributed by atoms with E-state index in [1.807, 2.05) is 0 Å². The van der Waals surface area contributed by atoms with E-state index in [0.29, 0.717) is 10.0 Å². The van der Waals surface area contributed by atoms with Gasteiger partial charge in [0, 0.05) is 12.4 Å². The number of hydrogen-bond acceptors (Lipinski definition) is 2. The zero-order valence-electron chi connectivity index (χ0n) is 7.11. The smallest absolute Gasteiger partial charge is 0.117 e. The maximum Gasteiger partial charge on any atom is 0.117 e. The highest BCUT2D eigenvalue weighted by molar-refractivity contribution is 6.42. The Bertz CT molecular complexity index is 359. The molecule has 0 radical (unpaired) electrons. The highest BCUT2D eigenvalue weighted by atomic mass is 35.5.